The Labute approximate surface area is 108 Å². The van der Waals surface area contributed by atoms with Gasteiger partial charge in [-0.2, -0.15) is 0 Å². The maximum Gasteiger partial charge on any atom is 0.166 e. The quantitative estimate of drug-likeness (QED) is 0.707. The molecule has 0 atom stereocenters. The number of hydrogen-bond acceptors (Lipinski definition) is 1. The van der Waals surface area contributed by atoms with Crippen molar-refractivity contribution in [2.24, 2.45) is 0 Å². The van der Waals surface area contributed by atoms with Crippen LogP contribution in [0.5, 0.6) is 0 Å². The normalized spacial score (nSPS) is 10.5. The van der Waals surface area contributed by atoms with E-state index in [2.05, 4.69) is 29.7 Å². The zero-order chi connectivity index (χ0) is 12.8. The summed E-state index contributed by atoms with van der Waals surface area (Å²) in [5.41, 5.74) is 3.25. The van der Waals surface area contributed by atoms with E-state index < -0.39 is 0 Å². The Bertz CT molecular complexity index is 499. The van der Waals surface area contributed by atoms with Gasteiger partial charge in [-0.15, -0.1) is 0 Å². The van der Waals surface area contributed by atoms with Gasteiger partial charge in [-0.25, -0.2) is 0 Å². The summed E-state index contributed by atoms with van der Waals surface area (Å²) >= 11 is 0. The van der Waals surface area contributed by atoms with Crippen molar-refractivity contribution in [3.8, 4) is 0 Å². The molecule has 2 heteroatoms. The maximum absolute atomic E-state index is 11.1. The third kappa shape index (κ3) is 2.89. The van der Waals surface area contributed by atoms with E-state index >= 15 is 0 Å². The Morgan fingerprint density at radius 2 is 1.89 bits per heavy atom. The van der Waals surface area contributed by atoms with Gasteiger partial charge in [0.2, 0.25) is 0 Å². The first-order chi connectivity index (χ1) is 8.85. The van der Waals surface area contributed by atoms with Crippen LogP contribution in [0.25, 0.3) is 0 Å². The standard InChI is InChI=1S/C16H19NO/c1-2-3-9-15-10-11-16(13-18)17(15)12-14-7-5-4-6-8-14/h4-8,10-11,13H,2-3,9,12H2,1H3. The van der Waals surface area contributed by atoms with Gasteiger partial charge < -0.3 is 4.57 Å². The number of benzene rings is 1. The molecule has 0 aliphatic heterocycles. The third-order valence-corrected chi connectivity index (χ3v) is 3.20. The van der Waals surface area contributed by atoms with E-state index in [-0.39, 0.29) is 0 Å². The summed E-state index contributed by atoms with van der Waals surface area (Å²) in [5.74, 6) is 0. The second-order valence-electron chi connectivity index (χ2n) is 4.54. The lowest BCUT2D eigenvalue weighted by molar-refractivity contribution is 0.111. The van der Waals surface area contributed by atoms with Gasteiger partial charge in [-0.3, -0.25) is 4.79 Å². The highest BCUT2D eigenvalue weighted by molar-refractivity contribution is 5.72. The van der Waals surface area contributed by atoms with Crippen LogP contribution in [0.4, 0.5) is 0 Å². The van der Waals surface area contributed by atoms with Gasteiger partial charge in [-0.1, -0.05) is 43.7 Å². The van der Waals surface area contributed by atoms with Gasteiger partial charge in [0.1, 0.15) is 0 Å². The minimum absolute atomic E-state index is 0.768. The molecule has 1 heterocycles. The first-order valence-electron chi connectivity index (χ1n) is 6.52. The van der Waals surface area contributed by atoms with Gasteiger partial charge >= 0.3 is 0 Å². The first kappa shape index (κ1) is 12.6. The molecule has 0 amide bonds. The van der Waals surface area contributed by atoms with E-state index in [1.54, 1.807) is 0 Å². The Kier molecular flexibility index (Phi) is 4.35. The molecule has 18 heavy (non-hydrogen) atoms. The summed E-state index contributed by atoms with van der Waals surface area (Å²) in [6.07, 6.45) is 4.32. The van der Waals surface area contributed by atoms with E-state index in [0.29, 0.717) is 0 Å². The van der Waals surface area contributed by atoms with E-state index in [0.717, 1.165) is 31.4 Å². The molecule has 94 valence electrons. The lowest BCUT2D eigenvalue weighted by Crippen LogP contribution is -2.07. The molecule has 0 radical (unpaired) electrons. The van der Waals surface area contributed by atoms with Crippen LogP contribution in [0, 0.1) is 0 Å². The average molecular weight is 241 g/mol. The van der Waals surface area contributed by atoms with Crippen LogP contribution in [0.3, 0.4) is 0 Å². The van der Waals surface area contributed by atoms with Gasteiger partial charge in [0.25, 0.3) is 0 Å². The summed E-state index contributed by atoms with van der Waals surface area (Å²) in [7, 11) is 0. The fourth-order valence-electron chi connectivity index (χ4n) is 2.17. The molecule has 0 bridgehead atoms. The van der Waals surface area contributed by atoms with Crippen molar-refractivity contribution in [3.05, 3.63) is 59.4 Å². The van der Waals surface area contributed by atoms with Crippen molar-refractivity contribution in [3.63, 3.8) is 0 Å². The number of carbonyl (C=O) groups is 1. The molecule has 0 spiro atoms. The van der Waals surface area contributed by atoms with Crippen LogP contribution in [0.1, 0.15) is 41.5 Å². The molecule has 0 saturated carbocycles. The number of nitrogens with zero attached hydrogens (tertiary/aromatic N) is 1. The van der Waals surface area contributed by atoms with E-state index in [4.69, 9.17) is 0 Å². The monoisotopic (exact) mass is 241 g/mol. The molecule has 2 rings (SSSR count). The Balaban J connectivity index is 2.24. The van der Waals surface area contributed by atoms with Crippen molar-refractivity contribution < 1.29 is 4.79 Å². The van der Waals surface area contributed by atoms with Crippen molar-refractivity contribution >= 4 is 6.29 Å². The average Bonchev–Trinajstić information content (AvgIpc) is 2.80. The fraction of sp³-hybridized carbons (Fsp3) is 0.312. The number of unbranched alkanes of at least 4 members (excludes halogenated alkanes) is 1. The molecule has 2 aromatic rings. The highest BCUT2D eigenvalue weighted by Crippen LogP contribution is 2.14. The minimum atomic E-state index is 0.768. The highest BCUT2D eigenvalue weighted by atomic mass is 16.1. The Morgan fingerprint density at radius 1 is 1.11 bits per heavy atom. The molecule has 0 aliphatic rings. The fourth-order valence-corrected chi connectivity index (χ4v) is 2.17. The topological polar surface area (TPSA) is 22.0 Å². The van der Waals surface area contributed by atoms with Crippen LogP contribution in [0.2, 0.25) is 0 Å². The number of rotatable bonds is 6. The number of carbonyl (C=O) groups excluding carboxylic acids is 1. The van der Waals surface area contributed by atoms with Gasteiger partial charge in [0.15, 0.2) is 6.29 Å². The van der Waals surface area contributed by atoms with Gasteiger partial charge in [0.05, 0.1) is 5.69 Å². The smallest absolute Gasteiger partial charge is 0.166 e. The zero-order valence-corrected chi connectivity index (χ0v) is 10.8. The minimum Gasteiger partial charge on any atom is -0.338 e. The molecule has 0 N–H and O–H groups in total. The van der Waals surface area contributed by atoms with Crippen LogP contribution in [0.15, 0.2) is 42.5 Å². The molecular formula is C16H19NO. The molecule has 0 aliphatic carbocycles. The molecule has 0 saturated heterocycles. The SMILES string of the molecule is CCCCc1ccc(C=O)n1Cc1ccccc1. The van der Waals surface area contributed by atoms with Crippen LogP contribution >= 0.6 is 0 Å². The van der Waals surface area contributed by atoms with Gasteiger partial charge in [0, 0.05) is 12.2 Å². The van der Waals surface area contributed by atoms with Crippen molar-refractivity contribution in [1.29, 1.82) is 0 Å². The van der Waals surface area contributed by atoms with Gasteiger partial charge in [-0.05, 0) is 30.5 Å². The molecule has 0 fully saturated rings. The molecular weight excluding hydrogens is 222 g/mol. The number of aromatic nitrogens is 1. The number of hydrogen-bond donors (Lipinski definition) is 0. The Morgan fingerprint density at radius 3 is 2.56 bits per heavy atom. The van der Waals surface area contributed by atoms with Crippen LogP contribution in [-0.4, -0.2) is 10.9 Å². The molecule has 0 unspecified atom stereocenters. The Hall–Kier alpha value is -1.83. The maximum atomic E-state index is 11.1. The predicted molar refractivity (Wildman–Crippen MR) is 74.0 cm³/mol. The highest BCUT2D eigenvalue weighted by Gasteiger charge is 2.07. The molecule has 2 nitrogen and oxygen atoms in total. The summed E-state index contributed by atoms with van der Waals surface area (Å²) < 4.78 is 2.12. The third-order valence-electron chi connectivity index (χ3n) is 3.20. The first-order valence-corrected chi connectivity index (χ1v) is 6.52. The van der Waals surface area contributed by atoms with Crippen molar-refractivity contribution in [1.82, 2.24) is 4.57 Å². The van der Waals surface area contributed by atoms with Crippen molar-refractivity contribution in [2.45, 2.75) is 32.7 Å². The summed E-state index contributed by atoms with van der Waals surface area (Å²) in [4.78, 5) is 11.1. The predicted octanol–water partition coefficient (Wildman–Crippen LogP) is 3.69. The second kappa shape index (κ2) is 6.20. The van der Waals surface area contributed by atoms with Crippen molar-refractivity contribution in [2.75, 3.05) is 0 Å². The number of aldehydes is 1. The van der Waals surface area contributed by atoms with E-state index in [1.807, 2.05) is 24.3 Å². The summed E-state index contributed by atoms with van der Waals surface area (Å²) in [5, 5.41) is 0. The van der Waals surface area contributed by atoms with E-state index in [9.17, 15) is 4.79 Å². The molecule has 1 aromatic carbocycles. The van der Waals surface area contributed by atoms with Crippen LogP contribution in [-0.2, 0) is 13.0 Å². The zero-order valence-electron chi connectivity index (χ0n) is 10.8. The van der Waals surface area contributed by atoms with E-state index in [1.165, 1.54) is 17.7 Å². The van der Waals surface area contributed by atoms with Crippen LogP contribution < -0.4 is 0 Å². The number of aryl methyl sites for hydroxylation is 1. The lowest BCUT2D eigenvalue weighted by Gasteiger charge is -2.11. The second-order valence-corrected chi connectivity index (χ2v) is 4.54. The summed E-state index contributed by atoms with van der Waals surface area (Å²) in [6.45, 7) is 2.96. The largest absolute Gasteiger partial charge is 0.338 e. The summed E-state index contributed by atoms with van der Waals surface area (Å²) in [6, 6.07) is 14.3. The molecule has 1 aromatic heterocycles. The lowest BCUT2D eigenvalue weighted by atomic mass is 10.2.